The van der Waals surface area contributed by atoms with Crippen LogP contribution in [-0.4, -0.2) is 13.7 Å². The van der Waals surface area contributed by atoms with E-state index in [0.29, 0.717) is 12.5 Å². The molecule has 2 N–H and O–H groups in total. The first-order valence-corrected chi connectivity index (χ1v) is 6.92. The minimum atomic E-state index is 0.101. The van der Waals surface area contributed by atoms with Gasteiger partial charge in [-0.15, -0.1) is 0 Å². The van der Waals surface area contributed by atoms with E-state index in [0.717, 1.165) is 29.2 Å². The summed E-state index contributed by atoms with van der Waals surface area (Å²) in [5.41, 5.74) is 9.62. The molecule has 1 aliphatic rings. The zero-order chi connectivity index (χ0) is 13.5. The first-order valence-electron chi connectivity index (χ1n) is 6.54. The van der Waals surface area contributed by atoms with Crippen molar-refractivity contribution in [3.05, 3.63) is 27.8 Å². The molecule has 0 aliphatic heterocycles. The molecule has 0 radical (unpaired) electrons. The fourth-order valence-electron chi connectivity index (χ4n) is 2.74. The summed E-state index contributed by atoms with van der Waals surface area (Å²) in [4.78, 5) is 0. The van der Waals surface area contributed by atoms with Crippen LogP contribution in [0, 0.1) is 6.92 Å². The molecular formula is C15H22ClNO. The van der Waals surface area contributed by atoms with Crippen molar-refractivity contribution in [3.8, 4) is 5.75 Å². The summed E-state index contributed by atoms with van der Waals surface area (Å²) >= 11 is 6.39. The first-order chi connectivity index (χ1) is 8.46. The summed E-state index contributed by atoms with van der Waals surface area (Å²) in [6, 6.07) is 2.04. The molecule has 1 saturated carbocycles. The molecule has 1 aromatic carbocycles. The Morgan fingerprint density at radius 3 is 2.44 bits per heavy atom. The normalized spacial score (nSPS) is 17.1. The van der Waals surface area contributed by atoms with Crippen molar-refractivity contribution in [3.63, 3.8) is 0 Å². The van der Waals surface area contributed by atoms with Crippen LogP contribution in [0.4, 0.5) is 0 Å². The van der Waals surface area contributed by atoms with E-state index >= 15 is 0 Å². The van der Waals surface area contributed by atoms with Gasteiger partial charge < -0.3 is 10.5 Å². The lowest BCUT2D eigenvalue weighted by molar-refractivity contribution is 0.396. The number of benzene rings is 1. The number of hydrogen-bond acceptors (Lipinski definition) is 2. The largest absolute Gasteiger partial charge is 0.496 e. The average Bonchev–Trinajstić information content (AvgIpc) is 3.12. The molecule has 0 heterocycles. The lowest BCUT2D eigenvalue weighted by Crippen LogP contribution is -2.22. The quantitative estimate of drug-likeness (QED) is 0.901. The van der Waals surface area contributed by atoms with Crippen molar-refractivity contribution in [1.29, 1.82) is 0 Å². The molecule has 0 unspecified atom stereocenters. The van der Waals surface area contributed by atoms with Crippen LogP contribution >= 0.6 is 11.6 Å². The molecule has 18 heavy (non-hydrogen) atoms. The second-order valence-electron chi connectivity index (χ2n) is 5.62. The van der Waals surface area contributed by atoms with Gasteiger partial charge in [0.05, 0.1) is 7.11 Å². The van der Waals surface area contributed by atoms with E-state index in [1.54, 1.807) is 7.11 Å². The highest BCUT2D eigenvalue weighted by Gasteiger charge is 2.46. The van der Waals surface area contributed by atoms with Crippen LogP contribution in [-0.2, 0) is 5.41 Å². The van der Waals surface area contributed by atoms with Crippen LogP contribution in [0.3, 0.4) is 0 Å². The van der Waals surface area contributed by atoms with Gasteiger partial charge >= 0.3 is 0 Å². The van der Waals surface area contributed by atoms with Crippen LogP contribution in [0.5, 0.6) is 5.75 Å². The highest BCUT2D eigenvalue weighted by Crippen LogP contribution is 2.54. The minimum absolute atomic E-state index is 0.101. The van der Waals surface area contributed by atoms with Crippen molar-refractivity contribution >= 4 is 11.6 Å². The third-order valence-corrected chi connectivity index (χ3v) is 4.50. The van der Waals surface area contributed by atoms with Crippen molar-refractivity contribution in [1.82, 2.24) is 0 Å². The first kappa shape index (κ1) is 13.7. The summed E-state index contributed by atoms with van der Waals surface area (Å²) < 4.78 is 5.69. The number of methoxy groups -OCH3 is 1. The molecular weight excluding hydrogens is 246 g/mol. The summed E-state index contributed by atoms with van der Waals surface area (Å²) in [7, 11) is 1.74. The molecule has 100 valence electrons. The Morgan fingerprint density at radius 2 is 2.06 bits per heavy atom. The monoisotopic (exact) mass is 267 g/mol. The zero-order valence-corrected chi connectivity index (χ0v) is 12.4. The summed E-state index contributed by atoms with van der Waals surface area (Å²) in [6.07, 6.45) is 2.27. The van der Waals surface area contributed by atoms with Crippen LogP contribution in [0.15, 0.2) is 6.07 Å². The molecule has 1 aromatic rings. The molecule has 1 fully saturated rings. The van der Waals surface area contributed by atoms with Crippen molar-refractivity contribution in [2.75, 3.05) is 13.7 Å². The molecule has 0 bridgehead atoms. The Balaban J connectivity index is 2.69. The van der Waals surface area contributed by atoms with Gasteiger partial charge in [-0.3, -0.25) is 0 Å². The van der Waals surface area contributed by atoms with Crippen molar-refractivity contribution < 1.29 is 4.74 Å². The predicted molar refractivity (Wildman–Crippen MR) is 76.8 cm³/mol. The highest BCUT2D eigenvalue weighted by atomic mass is 35.5. The van der Waals surface area contributed by atoms with Gasteiger partial charge in [0.25, 0.3) is 0 Å². The second kappa shape index (κ2) is 4.75. The van der Waals surface area contributed by atoms with E-state index < -0.39 is 0 Å². The third kappa shape index (κ3) is 2.02. The summed E-state index contributed by atoms with van der Waals surface area (Å²) in [6.45, 7) is 7.06. The third-order valence-electron chi connectivity index (χ3n) is 4.11. The van der Waals surface area contributed by atoms with Gasteiger partial charge in [-0.2, -0.15) is 0 Å². The standard InChI is InChI=1S/C15H22ClNO/c1-9(2)11-7-12(16)10(3)13(14(11)18-4)15(8-17)5-6-15/h7,9H,5-6,8,17H2,1-4H3. The number of ether oxygens (including phenoxy) is 1. The Kier molecular flexibility index (Phi) is 3.61. The van der Waals surface area contributed by atoms with Gasteiger partial charge in [-0.1, -0.05) is 25.4 Å². The Labute approximate surface area is 114 Å². The number of rotatable bonds is 4. The molecule has 1 aliphatic carbocycles. The van der Waals surface area contributed by atoms with Gasteiger partial charge in [0.15, 0.2) is 0 Å². The minimum Gasteiger partial charge on any atom is -0.496 e. The molecule has 0 spiro atoms. The number of hydrogen-bond donors (Lipinski definition) is 1. The lowest BCUT2D eigenvalue weighted by atomic mass is 9.86. The van der Waals surface area contributed by atoms with E-state index in [1.807, 2.05) is 6.07 Å². The van der Waals surface area contributed by atoms with E-state index in [4.69, 9.17) is 22.1 Å². The topological polar surface area (TPSA) is 35.2 Å². The Morgan fingerprint density at radius 1 is 1.44 bits per heavy atom. The van der Waals surface area contributed by atoms with Crippen LogP contribution in [0.1, 0.15) is 49.3 Å². The van der Waals surface area contributed by atoms with E-state index in [9.17, 15) is 0 Å². The fraction of sp³-hybridized carbons (Fsp3) is 0.600. The Hall–Kier alpha value is -0.730. The van der Waals surface area contributed by atoms with Gasteiger partial charge in [0, 0.05) is 22.5 Å². The molecule has 0 amide bonds. The molecule has 0 aromatic heterocycles. The summed E-state index contributed by atoms with van der Waals surface area (Å²) in [5, 5.41) is 0.828. The van der Waals surface area contributed by atoms with Gasteiger partial charge in [-0.05, 0) is 42.9 Å². The van der Waals surface area contributed by atoms with Crippen LogP contribution < -0.4 is 10.5 Å². The molecule has 3 heteroatoms. The van der Waals surface area contributed by atoms with Crippen molar-refractivity contribution in [2.24, 2.45) is 5.73 Å². The SMILES string of the molecule is COc1c(C(C)C)cc(Cl)c(C)c1C1(CN)CC1. The van der Waals surface area contributed by atoms with E-state index in [-0.39, 0.29) is 5.41 Å². The second-order valence-corrected chi connectivity index (χ2v) is 6.03. The predicted octanol–water partition coefficient (Wildman–Crippen LogP) is 3.77. The van der Waals surface area contributed by atoms with Gasteiger partial charge in [-0.25, -0.2) is 0 Å². The van der Waals surface area contributed by atoms with Gasteiger partial charge in [0.2, 0.25) is 0 Å². The smallest absolute Gasteiger partial charge is 0.126 e. The van der Waals surface area contributed by atoms with Crippen LogP contribution in [0.2, 0.25) is 5.02 Å². The molecule has 2 rings (SSSR count). The molecule has 0 saturated heterocycles. The maximum Gasteiger partial charge on any atom is 0.126 e. The van der Waals surface area contributed by atoms with Crippen molar-refractivity contribution in [2.45, 2.75) is 44.9 Å². The van der Waals surface area contributed by atoms with E-state index in [2.05, 4.69) is 20.8 Å². The fourth-order valence-corrected chi connectivity index (χ4v) is 2.95. The zero-order valence-electron chi connectivity index (χ0n) is 11.6. The highest BCUT2D eigenvalue weighted by molar-refractivity contribution is 6.31. The number of halogens is 1. The summed E-state index contributed by atoms with van der Waals surface area (Å²) in [5.74, 6) is 1.39. The van der Waals surface area contributed by atoms with Gasteiger partial charge in [0.1, 0.15) is 5.75 Å². The maximum atomic E-state index is 6.39. The molecule has 2 nitrogen and oxygen atoms in total. The van der Waals surface area contributed by atoms with E-state index in [1.165, 1.54) is 11.1 Å². The van der Waals surface area contributed by atoms with Crippen LogP contribution in [0.25, 0.3) is 0 Å². The number of nitrogens with two attached hydrogens (primary N) is 1. The lowest BCUT2D eigenvalue weighted by Gasteiger charge is -2.24. The molecule has 0 atom stereocenters. The Bertz CT molecular complexity index is 464. The maximum absolute atomic E-state index is 6.39. The average molecular weight is 268 g/mol.